The molecule has 0 saturated carbocycles. The number of para-hydroxylation sites is 2. The normalized spacial score (nSPS) is 10.3. The van der Waals surface area contributed by atoms with Gasteiger partial charge in [-0.3, -0.25) is 9.59 Å². The van der Waals surface area contributed by atoms with Crippen LogP contribution in [-0.2, 0) is 0 Å². The molecule has 0 aliphatic carbocycles. The molecule has 3 rings (SSSR count). The number of carbonyl (C=O) groups excluding carboxylic acids is 2. The Morgan fingerprint density at radius 1 is 1.00 bits per heavy atom. The van der Waals surface area contributed by atoms with Crippen molar-refractivity contribution in [3.8, 4) is 5.75 Å². The first-order valence-corrected chi connectivity index (χ1v) is 10.2. The van der Waals surface area contributed by atoms with Crippen molar-refractivity contribution in [2.45, 2.75) is 6.92 Å². The van der Waals surface area contributed by atoms with E-state index in [9.17, 15) is 9.59 Å². The predicted molar refractivity (Wildman–Crippen MR) is 124 cm³/mol. The number of amides is 2. The quantitative estimate of drug-likeness (QED) is 0.473. The van der Waals surface area contributed by atoms with Crippen molar-refractivity contribution in [1.29, 1.82) is 0 Å². The van der Waals surface area contributed by atoms with Crippen LogP contribution < -0.4 is 15.0 Å². The summed E-state index contributed by atoms with van der Waals surface area (Å²) >= 11 is 2.12. The van der Waals surface area contributed by atoms with Crippen molar-refractivity contribution in [2.75, 3.05) is 23.9 Å². The SMILES string of the molecule is CCN(C(=O)c1ccccc1NC(=O)c1ccc(OC)c(I)c1)c1ccccc1. The highest BCUT2D eigenvalue weighted by Crippen LogP contribution is 2.24. The van der Waals surface area contributed by atoms with Gasteiger partial charge in [0.25, 0.3) is 11.8 Å². The van der Waals surface area contributed by atoms with Crippen molar-refractivity contribution >= 4 is 45.8 Å². The van der Waals surface area contributed by atoms with Crippen LogP contribution >= 0.6 is 22.6 Å². The minimum absolute atomic E-state index is 0.168. The van der Waals surface area contributed by atoms with Gasteiger partial charge in [-0.2, -0.15) is 0 Å². The third kappa shape index (κ3) is 4.76. The largest absolute Gasteiger partial charge is 0.496 e. The number of rotatable bonds is 6. The number of nitrogens with zero attached hydrogens (tertiary/aromatic N) is 1. The zero-order valence-electron chi connectivity index (χ0n) is 16.2. The van der Waals surface area contributed by atoms with Gasteiger partial charge in [-0.05, 0) is 72.0 Å². The van der Waals surface area contributed by atoms with Gasteiger partial charge in [-0.15, -0.1) is 0 Å². The Kier molecular flexibility index (Phi) is 6.87. The molecule has 0 radical (unpaired) electrons. The first-order valence-electron chi connectivity index (χ1n) is 9.16. The second kappa shape index (κ2) is 9.56. The zero-order valence-corrected chi connectivity index (χ0v) is 18.3. The van der Waals surface area contributed by atoms with Gasteiger partial charge in [0, 0.05) is 17.8 Å². The van der Waals surface area contributed by atoms with E-state index in [1.807, 2.05) is 37.3 Å². The Morgan fingerprint density at radius 2 is 1.69 bits per heavy atom. The predicted octanol–water partition coefficient (Wildman–Crippen LogP) is 5.22. The van der Waals surface area contributed by atoms with Crippen LogP contribution in [0.15, 0.2) is 72.8 Å². The molecule has 0 unspecified atom stereocenters. The highest BCUT2D eigenvalue weighted by Gasteiger charge is 2.20. The van der Waals surface area contributed by atoms with Crippen LogP contribution in [0.2, 0.25) is 0 Å². The summed E-state index contributed by atoms with van der Waals surface area (Å²) in [5, 5.41) is 2.87. The zero-order chi connectivity index (χ0) is 20.8. The van der Waals surface area contributed by atoms with E-state index in [4.69, 9.17) is 4.74 Å². The van der Waals surface area contributed by atoms with E-state index in [2.05, 4.69) is 27.9 Å². The van der Waals surface area contributed by atoms with Crippen LogP contribution in [0.3, 0.4) is 0 Å². The number of hydrogen-bond acceptors (Lipinski definition) is 3. The van der Waals surface area contributed by atoms with Gasteiger partial charge < -0.3 is 15.0 Å². The van der Waals surface area contributed by atoms with Crippen molar-refractivity contribution in [3.05, 3.63) is 87.5 Å². The Morgan fingerprint density at radius 3 is 2.34 bits per heavy atom. The fourth-order valence-corrected chi connectivity index (χ4v) is 3.71. The van der Waals surface area contributed by atoms with Gasteiger partial charge in [0.05, 0.1) is 21.9 Å². The highest BCUT2D eigenvalue weighted by atomic mass is 127. The third-order valence-electron chi connectivity index (χ3n) is 4.45. The number of benzene rings is 3. The average Bonchev–Trinajstić information content (AvgIpc) is 2.75. The Labute approximate surface area is 183 Å². The Bertz CT molecular complexity index is 1020. The summed E-state index contributed by atoms with van der Waals surface area (Å²) in [5.41, 5.74) is 2.22. The molecule has 0 heterocycles. The van der Waals surface area contributed by atoms with Gasteiger partial charge in [0.1, 0.15) is 5.75 Å². The molecule has 5 nitrogen and oxygen atoms in total. The van der Waals surface area contributed by atoms with Crippen LogP contribution in [0.25, 0.3) is 0 Å². The lowest BCUT2D eigenvalue weighted by atomic mass is 10.1. The smallest absolute Gasteiger partial charge is 0.260 e. The number of halogens is 1. The maximum atomic E-state index is 13.2. The van der Waals surface area contributed by atoms with Gasteiger partial charge in [-0.25, -0.2) is 0 Å². The number of hydrogen-bond donors (Lipinski definition) is 1. The van der Waals surface area contributed by atoms with Crippen molar-refractivity contribution < 1.29 is 14.3 Å². The molecular weight excluding hydrogens is 479 g/mol. The van der Waals surface area contributed by atoms with E-state index >= 15 is 0 Å². The maximum Gasteiger partial charge on any atom is 0.260 e. The first-order chi connectivity index (χ1) is 14.0. The summed E-state index contributed by atoms with van der Waals surface area (Å²) in [6.45, 7) is 2.44. The molecular formula is C23H21IN2O3. The van der Waals surface area contributed by atoms with Crippen LogP contribution in [0.5, 0.6) is 5.75 Å². The highest BCUT2D eigenvalue weighted by molar-refractivity contribution is 14.1. The molecule has 3 aromatic rings. The van der Waals surface area contributed by atoms with E-state index in [1.165, 1.54) is 0 Å². The molecule has 0 aliphatic rings. The molecule has 3 aromatic carbocycles. The lowest BCUT2D eigenvalue weighted by Crippen LogP contribution is -2.31. The molecule has 0 spiro atoms. The summed E-state index contributed by atoms with van der Waals surface area (Å²) in [7, 11) is 1.59. The van der Waals surface area contributed by atoms with E-state index in [1.54, 1.807) is 54.5 Å². The standard InChI is InChI=1S/C23H21IN2O3/c1-3-26(17-9-5-4-6-10-17)23(28)18-11-7-8-12-20(18)25-22(27)16-13-14-21(29-2)19(24)15-16/h4-15H,3H2,1-2H3,(H,25,27). The lowest BCUT2D eigenvalue weighted by molar-refractivity contribution is 0.0989. The Hall–Kier alpha value is -2.87. The van der Waals surface area contributed by atoms with E-state index in [0.29, 0.717) is 29.1 Å². The molecule has 0 bridgehead atoms. The fraction of sp³-hybridized carbons (Fsp3) is 0.130. The van der Waals surface area contributed by atoms with E-state index in [-0.39, 0.29) is 11.8 Å². The molecule has 0 atom stereocenters. The van der Waals surface area contributed by atoms with Gasteiger partial charge in [0.15, 0.2) is 0 Å². The lowest BCUT2D eigenvalue weighted by Gasteiger charge is -2.22. The molecule has 0 saturated heterocycles. The van der Waals surface area contributed by atoms with Gasteiger partial charge in [-0.1, -0.05) is 30.3 Å². The molecule has 148 valence electrons. The van der Waals surface area contributed by atoms with Crippen LogP contribution in [0.1, 0.15) is 27.6 Å². The number of anilines is 2. The summed E-state index contributed by atoms with van der Waals surface area (Å²) in [6, 6.07) is 21.7. The fourth-order valence-electron chi connectivity index (χ4n) is 2.98. The first kappa shape index (κ1) is 20.9. The maximum absolute atomic E-state index is 13.2. The summed E-state index contributed by atoms with van der Waals surface area (Å²) in [6.07, 6.45) is 0. The van der Waals surface area contributed by atoms with E-state index in [0.717, 1.165) is 9.26 Å². The van der Waals surface area contributed by atoms with Crippen LogP contribution in [0, 0.1) is 3.57 Å². The second-order valence-electron chi connectivity index (χ2n) is 6.23. The number of nitrogens with one attached hydrogen (secondary N) is 1. The summed E-state index contributed by atoms with van der Waals surface area (Å²) in [4.78, 5) is 27.7. The van der Waals surface area contributed by atoms with Gasteiger partial charge >= 0.3 is 0 Å². The molecule has 0 aliphatic heterocycles. The van der Waals surface area contributed by atoms with Crippen LogP contribution in [0.4, 0.5) is 11.4 Å². The van der Waals surface area contributed by atoms with Crippen molar-refractivity contribution in [3.63, 3.8) is 0 Å². The molecule has 0 aromatic heterocycles. The second-order valence-corrected chi connectivity index (χ2v) is 7.40. The summed E-state index contributed by atoms with van der Waals surface area (Å²) < 4.78 is 6.08. The molecule has 6 heteroatoms. The average molecular weight is 500 g/mol. The minimum atomic E-state index is -0.284. The molecule has 1 N–H and O–H groups in total. The van der Waals surface area contributed by atoms with Crippen molar-refractivity contribution in [2.24, 2.45) is 0 Å². The topological polar surface area (TPSA) is 58.6 Å². The molecule has 29 heavy (non-hydrogen) atoms. The number of ether oxygens (including phenoxy) is 1. The number of carbonyl (C=O) groups is 2. The summed E-state index contributed by atoms with van der Waals surface area (Å²) in [5.74, 6) is 0.256. The number of methoxy groups -OCH3 is 1. The van der Waals surface area contributed by atoms with Gasteiger partial charge in [0.2, 0.25) is 0 Å². The van der Waals surface area contributed by atoms with Crippen LogP contribution in [-0.4, -0.2) is 25.5 Å². The molecule has 2 amide bonds. The molecule has 0 fully saturated rings. The van der Waals surface area contributed by atoms with E-state index < -0.39 is 0 Å². The van der Waals surface area contributed by atoms with Crippen molar-refractivity contribution in [1.82, 2.24) is 0 Å². The Balaban J connectivity index is 1.88. The third-order valence-corrected chi connectivity index (χ3v) is 5.29. The monoisotopic (exact) mass is 500 g/mol. The minimum Gasteiger partial charge on any atom is -0.496 e.